The van der Waals surface area contributed by atoms with E-state index in [9.17, 15) is 9.59 Å². The number of nitrogens with zero attached hydrogens (tertiary/aromatic N) is 1. The van der Waals surface area contributed by atoms with Crippen LogP contribution >= 0.6 is 0 Å². The van der Waals surface area contributed by atoms with Crippen LogP contribution in [0.3, 0.4) is 0 Å². The van der Waals surface area contributed by atoms with E-state index in [1.165, 1.54) is 0 Å². The number of nitrogens with one attached hydrogen (secondary N) is 1. The molecule has 1 N–H and O–H groups in total. The minimum Gasteiger partial charge on any atom is -0.493 e. The molecule has 1 fully saturated rings. The lowest BCUT2D eigenvalue weighted by molar-refractivity contribution is -0.136. The van der Waals surface area contributed by atoms with Crippen molar-refractivity contribution < 1.29 is 23.8 Å². The maximum atomic E-state index is 12.7. The van der Waals surface area contributed by atoms with Crippen molar-refractivity contribution in [2.24, 2.45) is 0 Å². The Morgan fingerprint density at radius 2 is 1.93 bits per heavy atom. The molecule has 4 rings (SSSR count). The summed E-state index contributed by atoms with van der Waals surface area (Å²) in [5.74, 6) is 1.56. The lowest BCUT2D eigenvalue weighted by Gasteiger charge is -2.41. The summed E-state index contributed by atoms with van der Waals surface area (Å²) in [5.41, 5.74) is 1.11. The number of hydrogen-bond acceptors (Lipinski definition) is 5. The van der Waals surface area contributed by atoms with Gasteiger partial charge in [-0.2, -0.15) is 0 Å². The van der Waals surface area contributed by atoms with Gasteiger partial charge in [0.2, 0.25) is 0 Å². The maximum absolute atomic E-state index is 12.7. The van der Waals surface area contributed by atoms with Crippen molar-refractivity contribution in [3.63, 3.8) is 0 Å². The number of rotatable bonds is 4. The molecule has 0 aliphatic carbocycles. The van der Waals surface area contributed by atoms with Crippen LogP contribution in [0.4, 0.5) is 0 Å². The normalized spacial score (nSPS) is 17.4. The molecule has 2 aromatic carbocycles. The van der Waals surface area contributed by atoms with E-state index in [1.54, 1.807) is 18.1 Å². The molecule has 2 aromatic rings. The summed E-state index contributed by atoms with van der Waals surface area (Å²) in [6.07, 6.45) is 1.28. The highest BCUT2D eigenvalue weighted by atomic mass is 16.5. The number of aryl methyl sites for hydroxylation is 1. The molecule has 0 radical (unpaired) electrons. The molecular formula is C23H26N2O5. The fraction of sp³-hybridized carbons (Fsp3) is 0.391. The molecule has 1 saturated heterocycles. The predicted octanol–water partition coefficient (Wildman–Crippen LogP) is 2.57. The van der Waals surface area contributed by atoms with Crippen LogP contribution in [-0.2, 0) is 4.79 Å². The van der Waals surface area contributed by atoms with E-state index in [0.29, 0.717) is 55.3 Å². The van der Waals surface area contributed by atoms with Gasteiger partial charge in [-0.1, -0.05) is 18.2 Å². The lowest BCUT2D eigenvalue weighted by atomic mass is 9.91. The molecule has 0 bridgehead atoms. The number of hydrogen-bond donors (Lipinski definition) is 1. The Bertz CT molecular complexity index is 950. The minimum atomic E-state index is -0.500. The largest absolute Gasteiger partial charge is 0.493 e. The van der Waals surface area contributed by atoms with Crippen molar-refractivity contribution in [1.29, 1.82) is 0 Å². The number of methoxy groups -OCH3 is 1. The van der Waals surface area contributed by atoms with E-state index < -0.39 is 5.60 Å². The highest BCUT2D eigenvalue weighted by Crippen LogP contribution is 2.33. The minimum absolute atomic E-state index is 0.0488. The van der Waals surface area contributed by atoms with Gasteiger partial charge in [0.15, 0.2) is 18.1 Å². The third-order valence-corrected chi connectivity index (χ3v) is 5.73. The van der Waals surface area contributed by atoms with Gasteiger partial charge in [0.1, 0.15) is 11.4 Å². The first-order chi connectivity index (χ1) is 14.5. The van der Waals surface area contributed by atoms with E-state index in [2.05, 4.69) is 5.32 Å². The zero-order valence-electron chi connectivity index (χ0n) is 17.3. The molecule has 2 heterocycles. The van der Waals surface area contributed by atoms with Crippen LogP contribution in [0.2, 0.25) is 0 Å². The molecule has 30 heavy (non-hydrogen) atoms. The summed E-state index contributed by atoms with van der Waals surface area (Å²) in [5, 5.41) is 2.96. The van der Waals surface area contributed by atoms with Crippen LogP contribution in [0.15, 0.2) is 42.5 Å². The Hall–Kier alpha value is -3.22. The Kier molecular flexibility index (Phi) is 5.53. The summed E-state index contributed by atoms with van der Waals surface area (Å²) in [6, 6.07) is 12.9. The van der Waals surface area contributed by atoms with Crippen molar-refractivity contribution in [2.75, 3.05) is 33.4 Å². The zero-order valence-corrected chi connectivity index (χ0v) is 17.3. The highest BCUT2D eigenvalue weighted by molar-refractivity contribution is 5.97. The maximum Gasteiger partial charge on any atom is 0.260 e. The Morgan fingerprint density at radius 1 is 1.17 bits per heavy atom. The molecule has 7 heteroatoms. The molecule has 0 saturated carbocycles. The topological polar surface area (TPSA) is 77.1 Å². The Morgan fingerprint density at radius 3 is 2.70 bits per heavy atom. The summed E-state index contributed by atoms with van der Waals surface area (Å²) >= 11 is 0. The smallest absolute Gasteiger partial charge is 0.260 e. The zero-order chi connectivity index (χ0) is 21.1. The second-order valence-electron chi connectivity index (χ2n) is 7.79. The number of ether oxygens (including phenoxy) is 3. The van der Waals surface area contributed by atoms with E-state index >= 15 is 0 Å². The summed E-state index contributed by atoms with van der Waals surface area (Å²) in [7, 11) is 1.58. The van der Waals surface area contributed by atoms with Crippen molar-refractivity contribution in [3.05, 3.63) is 53.6 Å². The number of benzene rings is 2. The molecule has 2 aliphatic heterocycles. The van der Waals surface area contributed by atoms with E-state index in [4.69, 9.17) is 14.2 Å². The molecule has 0 unspecified atom stereocenters. The third kappa shape index (κ3) is 4.06. The van der Waals surface area contributed by atoms with Crippen LogP contribution in [-0.4, -0.2) is 55.7 Å². The van der Waals surface area contributed by atoms with Gasteiger partial charge in [-0.05, 0) is 36.8 Å². The number of para-hydroxylation sites is 1. The first kappa shape index (κ1) is 20.1. The first-order valence-corrected chi connectivity index (χ1v) is 10.1. The first-order valence-electron chi connectivity index (χ1n) is 10.1. The molecule has 1 spiro atoms. The average molecular weight is 410 g/mol. The van der Waals surface area contributed by atoms with Crippen molar-refractivity contribution >= 4 is 11.8 Å². The number of fused-ring (bicyclic) bond motifs is 1. The second-order valence-corrected chi connectivity index (χ2v) is 7.79. The number of piperidine rings is 1. The molecule has 2 amide bonds. The van der Waals surface area contributed by atoms with E-state index in [0.717, 1.165) is 5.56 Å². The van der Waals surface area contributed by atoms with Crippen LogP contribution in [0.5, 0.6) is 17.2 Å². The van der Waals surface area contributed by atoms with Gasteiger partial charge >= 0.3 is 0 Å². The van der Waals surface area contributed by atoms with Crippen molar-refractivity contribution in [2.45, 2.75) is 25.4 Å². The molecular weight excluding hydrogens is 384 g/mol. The fourth-order valence-corrected chi connectivity index (χ4v) is 3.92. The number of carbonyl (C=O) groups is 2. The molecule has 7 nitrogen and oxygen atoms in total. The summed E-state index contributed by atoms with van der Waals surface area (Å²) in [6.45, 7) is 3.44. The van der Waals surface area contributed by atoms with Gasteiger partial charge < -0.3 is 24.4 Å². The predicted molar refractivity (Wildman–Crippen MR) is 111 cm³/mol. The molecule has 2 aliphatic rings. The standard InChI is InChI=1S/C23H26N2O5/c1-16-7-8-19(20(13-16)28-2)29-14-21(26)25-11-9-23(10-12-25)15-24-22(27)17-5-3-4-6-18(17)30-23/h3-8,13H,9-12,14-15H2,1-2H3,(H,24,27). The molecule has 158 valence electrons. The van der Waals surface area contributed by atoms with Gasteiger partial charge in [-0.25, -0.2) is 0 Å². The Labute approximate surface area is 175 Å². The van der Waals surface area contributed by atoms with E-state index in [-0.39, 0.29) is 18.4 Å². The number of likely N-dealkylation sites (tertiary alicyclic amines) is 1. The van der Waals surface area contributed by atoms with Gasteiger partial charge in [0, 0.05) is 25.9 Å². The van der Waals surface area contributed by atoms with Crippen LogP contribution in [0, 0.1) is 6.92 Å². The SMILES string of the molecule is COc1cc(C)ccc1OCC(=O)N1CCC2(CC1)CNC(=O)c1ccccc1O2. The van der Waals surface area contributed by atoms with Gasteiger partial charge in [0.05, 0.1) is 19.2 Å². The Balaban J connectivity index is 1.36. The highest BCUT2D eigenvalue weighted by Gasteiger charge is 2.40. The van der Waals surface area contributed by atoms with Crippen LogP contribution < -0.4 is 19.5 Å². The monoisotopic (exact) mass is 410 g/mol. The second kappa shape index (κ2) is 8.26. The molecule has 0 aromatic heterocycles. The number of amides is 2. The summed E-state index contributed by atoms with van der Waals surface area (Å²) in [4.78, 5) is 26.8. The quantitative estimate of drug-likeness (QED) is 0.838. The average Bonchev–Trinajstić information content (AvgIpc) is 2.90. The van der Waals surface area contributed by atoms with Crippen molar-refractivity contribution in [3.8, 4) is 17.2 Å². The summed E-state index contributed by atoms with van der Waals surface area (Å²) < 4.78 is 17.3. The molecule has 0 atom stereocenters. The van der Waals surface area contributed by atoms with Gasteiger partial charge in [-0.3, -0.25) is 9.59 Å². The number of carbonyl (C=O) groups excluding carboxylic acids is 2. The van der Waals surface area contributed by atoms with Crippen LogP contribution in [0.1, 0.15) is 28.8 Å². The fourth-order valence-electron chi connectivity index (χ4n) is 3.92. The third-order valence-electron chi connectivity index (χ3n) is 5.73. The lowest BCUT2D eigenvalue weighted by Crippen LogP contribution is -2.54. The van der Waals surface area contributed by atoms with Gasteiger partial charge in [-0.15, -0.1) is 0 Å². The van der Waals surface area contributed by atoms with Gasteiger partial charge in [0.25, 0.3) is 11.8 Å². The van der Waals surface area contributed by atoms with Crippen LogP contribution in [0.25, 0.3) is 0 Å². The van der Waals surface area contributed by atoms with Crippen molar-refractivity contribution in [1.82, 2.24) is 10.2 Å². The van der Waals surface area contributed by atoms with E-state index in [1.807, 2.05) is 43.3 Å².